The summed E-state index contributed by atoms with van der Waals surface area (Å²) in [6.07, 6.45) is 81.2. The fraction of sp³-hybridized carbons (Fsp3) is 0.788. The first-order chi connectivity index (χ1) is 50.7. The van der Waals surface area contributed by atoms with Crippen molar-refractivity contribution in [1.82, 2.24) is 0 Å². The predicted molar refractivity (Wildman–Crippen MR) is 427 cm³/mol. The van der Waals surface area contributed by atoms with Gasteiger partial charge in [-0.2, -0.15) is 0 Å². The van der Waals surface area contributed by atoms with Gasteiger partial charge < -0.3 is 33.8 Å². The molecule has 0 aliphatic heterocycles. The first-order valence-corrected chi connectivity index (χ1v) is 44.8. The van der Waals surface area contributed by atoms with E-state index in [4.69, 9.17) is 37.0 Å². The number of carbonyl (C=O) groups is 4. The molecule has 0 bridgehead atoms. The Morgan fingerprint density at radius 2 is 0.500 bits per heavy atom. The summed E-state index contributed by atoms with van der Waals surface area (Å²) in [5.74, 6) is -2.17. The number of esters is 4. The standard InChI is InChI=1S/C85H152O17P2/c1-5-9-13-17-21-25-29-32-35-37-39-41-44-46-50-53-57-61-65-69-82(87)95-75-80(101-84(89)71-67-63-59-55-49-28-24-20-16-12-8-4)77-99-103(91,92)97-73-79(86)74-98-104(93,94)100-78-81(102-85(90)72-68-64-60-56-52-48-43-34-31-27-23-19-15-11-7-3)76-96-83(88)70-66-62-58-54-51-47-45-42-40-38-36-33-30-26-22-18-14-10-6-2/h10,14,21-22,25-26,32-33,35-36,39-42,79-81,86H,5-9,11-13,15-20,23-24,27-31,34,37-38,43-78H2,1-4H3,(H,91,92)(H,93,94)/b14-10-,25-21-,26-22-,35-32-,36-33-,41-39-,42-40-. The average molecular weight is 1510 g/mol. The highest BCUT2D eigenvalue weighted by molar-refractivity contribution is 7.47. The molecule has 104 heavy (non-hydrogen) atoms. The van der Waals surface area contributed by atoms with Crippen molar-refractivity contribution < 1.29 is 80.2 Å². The summed E-state index contributed by atoms with van der Waals surface area (Å²) < 4.78 is 68.7. The van der Waals surface area contributed by atoms with Gasteiger partial charge in [0.15, 0.2) is 12.2 Å². The Kier molecular flexibility index (Phi) is 74.6. The van der Waals surface area contributed by atoms with Gasteiger partial charge in [0.05, 0.1) is 26.4 Å². The van der Waals surface area contributed by atoms with Crippen LogP contribution in [0.25, 0.3) is 0 Å². The van der Waals surface area contributed by atoms with Crippen molar-refractivity contribution >= 4 is 39.5 Å². The molecule has 0 rings (SSSR count). The van der Waals surface area contributed by atoms with Crippen LogP contribution in [0.3, 0.4) is 0 Å². The van der Waals surface area contributed by atoms with Crippen LogP contribution in [0.2, 0.25) is 0 Å². The third kappa shape index (κ3) is 76.4. The van der Waals surface area contributed by atoms with Gasteiger partial charge in [-0.1, -0.05) is 331 Å². The molecule has 0 fully saturated rings. The van der Waals surface area contributed by atoms with Crippen LogP contribution in [0.5, 0.6) is 0 Å². The minimum Gasteiger partial charge on any atom is -0.462 e. The van der Waals surface area contributed by atoms with E-state index in [1.54, 1.807) is 0 Å². The maximum atomic E-state index is 13.1. The summed E-state index contributed by atoms with van der Waals surface area (Å²) in [5.41, 5.74) is 0. The number of phosphoric acid groups is 2. The van der Waals surface area contributed by atoms with Crippen LogP contribution in [-0.4, -0.2) is 96.7 Å². The highest BCUT2D eigenvalue weighted by Gasteiger charge is 2.30. The lowest BCUT2D eigenvalue weighted by molar-refractivity contribution is -0.161. The summed E-state index contributed by atoms with van der Waals surface area (Å²) in [7, 11) is -9.95. The molecule has 0 aromatic rings. The van der Waals surface area contributed by atoms with Gasteiger partial charge in [0, 0.05) is 25.7 Å². The fourth-order valence-corrected chi connectivity index (χ4v) is 13.1. The van der Waals surface area contributed by atoms with E-state index in [9.17, 15) is 43.2 Å². The second kappa shape index (κ2) is 77.4. The Bertz CT molecular complexity index is 2300. The zero-order chi connectivity index (χ0) is 76.0. The molecule has 0 aromatic heterocycles. The Balaban J connectivity index is 5.30. The third-order valence-corrected chi connectivity index (χ3v) is 19.8. The molecule has 0 saturated heterocycles. The Morgan fingerprint density at radius 1 is 0.279 bits per heavy atom. The van der Waals surface area contributed by atoms with Crippen molar-refractivity contribution in [3.8, 4) is 0 Å². The largest absolute Gasteiger partial charge is 0.472 e. The van der Waals surface area contributed by atoms with Crippen LogP contribution in [0, 0.1) is 0 Å². The smallest absolute Gasteiger partial charge is 0.462 e. The van der Waals surface area contributed by atoms with Crippen LogP contribution in [-0.2, 0) is 65.4 Å². The monoisotopic (exact) mass is 1510 g/mol. The molecule has 0 aromatic carbocycles. The van der Waals surface area contributed by atoms with E-state index in [1.807, 2.05) is 0 Å². The number of carbonyl (C=O) groups excluding carboxylic acids is 4. The molecular weight excluding hydrogens is 1350 g/mol. The van der Waals surface area contributed by atoms with Gasteiger partial charge in [-0.05, 0) is 103 Å². The minimum atomic E-state index is -4.98. The van der Waals surface area contributed by atoms with Gasteiger partial charge in [0.25, 0.3) is 0 Å². The SMILES string of the molecule is CC/C=C\C/C=C\C/C=C\C/C=C\CCCCCCCCC(=O)OCC(COP(=O)(O)OCC(O)COP(=O)(O)OCC(COC(=O)CCCCCCCC/C=C\C/C=C\C/C=C\CCCCC)OC(=O)CCCCCCCCCCCCC)OC(=O)CCCCCCCCCCCCCCCCC. The lowest BCUT2D eigenvalue weighted by atomic mass is 10.0. The second-order valence-corrected chi connectivity index (χ2v) is 31.0. The van der Waals surface area contributed by atoms with Gasteiger partial charge >= 0.3 is 39.5 Å². The van der Waals surface area contributed by atoms with Crippen molar-refractivity contribution in [3.63, 3.8) is 0 Å². The highest BCUT2D eigenvalue weighted by Crippen LogP contribution is 2.45. The van der Waals surface area contributed by atoms with Gasteiger partial charge in [0.1, 0.15) is 19.3 Å². The number of hydrogen-bond donors (Lipinski definition) is 3. The summed E-state index contributed by atoms with van der Waals surface area (Å²) >= 11 is 0. The molecule has 604 valence electrons. The predicted octanol–water partition coefficient (Wildman–Crippen LogP) is 24.6. The lowest BCUT2D eigenvalue weighted by Crippen LogP contribution is -2.30. The topological polar surface area (TPSA) is 237 Å². The quantitative estimate of drug-likeness (QED) is 0.0169. The van der Waals surface area contributed by atoms with E-state index in [-0.39, 0.29) is 25.7 Å². The molecule has 0 aliphatic rings. The third-order valence-electron chi connectivity index (χ3n) is 17.9. The molecule has 19 heteroatoms. The first kappa shape index (κ1) is 100. The van der Waals surface area contributed by atoms with Crippen molar-refractivity contribution in [2.24, 2.45) is 0 Å². The summed E-state index contributed by atoms with van der Waals surface area (Å²) in [4.78, 5) is 73.1. The zero-order valence-corrected chi connectivity index (χ0v) is 68.0. The molecule has 0 radical (unpaired) electrons. The molecule has 0 heterocycles. The fourth-order valence-electron chi connectivity index (χ4n) is 11.5. The number of unbranched alkanes of at least 4 members (excludes halogenated alkanes) is 39. The molecule has 17 nitrogen and oxygen atoms in total. The molecule has 0 saturated carbocycles. The number of rotatable bonds is 79. The van der Waals surface area contributed by atoms with Gasteiger partial charge in [-0.3, -0.25) is 37.3 Å². The van der Waals surface area contributed by atoms with E-state index in [1.165, 1.54) is 122 Å². The molecule has 0 aliphatic carbocycles. The molecule has 0 spiro atoms. The van der Waals surface area contributed by atoms with E-state index in [0.29, 0.717) is 25.7 Å². The second-order valence-electron chi connectivity index (χ2n) is 28.1. The number of hydrogen-bond acceptors (Lipinski definition) is 15. The van der Waals surface area contributed by atoms with E-state index in [0.717, 1.165) is 173 Å². The van der Waals surface area contributed by atoms with Crippen LogP contribution in [0.15, 0.2) is 85.1 Å². The number of ether oxygens (including phenoxy) is 4. The first-order valence-electron chi connectivity index (χ1n) is 41.8. The summed E-state index contributed by atoms with van der Waals surface area (Å²) in [6.45, 7) is 4.77. The van der Waals surface area contributed by atoms with Crippen molar-refractivity contribution in [1.29, 1.82) is 0 Å². The highest BCUT2D eigenvalue weighted by atomic mass is 31.2. The molecule has 0 amide bonds. The van der Waals surface area contributed by atoms with Gasteiger partial charge in [-0.25, -0.2) is 9.13 Å². The van der Waals surface area contributed by atoms with E-state index < -0.39 is 97.5 Å². The Morgan fingerprint density at radius 3 is 0.788 bits per heavy atom. The summed E-state index contributed by atoms with van der Waals surface area (Å²) in [5, 5.41) is 10.6. The van der Waals surface area contributed by atoms with Crippen molar-refractivity contribution in [2.45, 2.75) is 393 Å². The number of aliphatic hydroxyl groups is 1. The van der Waals surface area contributed by atoms with Crippen LogP contribution < -0.4 is 0 Å². The minimum absolute atomic E-state index is 0.0963. The van der Waals surface area contributed by atoms with E-state index in [2.05, 4.69) is 113 Å². The maximum absolute atomic E-state index is 13.1. The normalized spacial score (nSPS) is 14.3. The van der Waals surface area contributed by atoms with Crippen molar-refractivity contribution in [3.05, 3.63) is 85.1 Å². The number of allylic oxidation sites excluding steroid dienone is 14. The molecule has 5 unspecified atom stereocenters. The van der Waals surface area contributed by atoms with Crippen molar-refractivity contribution in [2.75, 3.05) is 39.6 Å². The van der Waals surface area contributed by atoms with Gasteiger partial charge in [-0.15, -0.1) is 0 Å². The Labute approximate surface area is 634 Å². The molecule has 5 atom stereocenters. The molecule has 3 N–H and O–H groups in total. The number of aliphatic hydroxyl groups excluding tert-OH is 1. The maximum Gasteiger partial charge on any atom is 0.472 e. The lowest BCUT2D eigenvalue weighted by Gasteiger charge is -2.21. The van der Waals surface area contributed by atoms with Gasteiger partial charge in [0.2, 0.25) is 0 Å². The summed E-state index contributed by atoms with van der Waals surface area (Å²) in [6, 6.07) is 0. The average Bonchev–Trinajstić information content (AvgIpc) is 0.929. The number of phosphoric ester groups is 2. The van der Waals surface area contributed by atoms with E-state index >= 15 is 0 Å². The van der Waals surface area contributed by atoms with Crippen LogP contribution in [0.1, 0.15) is 374 Å². The molecular formula is C85H152O17P2. The van der Waals surface area contributed by atoms with Crippen LogP contribution >= 0.6 is 15.6 Å². The zero-order valence-electron chi connectivity index (χ0n) is 66.2. The Hall–Kier alpha value is -3.76. The van der Waals surface area contributed by atoms with Crippen LogP contribution in [0.4, 0.5) is 0 Å².